The highest BCUT2D eigenvalue weighted by atomic mass is 35.5. The smallest absolute Gasteiger partial charge is 0.203 e. The molecule has 28 heavy (non-hydrogen) atoms. The van der Waals surface area contributed by atoms with Crippen LogP contribution >= 0.6 is 35.6 Å². The number of methoxy groups -OCH3 is 3. The van der Waals surface area contributed by atoms with E-state index in [9.17, 15) is 0 Å². The molecular formula is C20H22Cl3NO4. The van der Waals surface area contributed by atoms with Crippen molar-refractivity contribution in [3.05, 3.63) is 51.0 Å². The summed E-state index contributed by atoms with van der Waals surface area (Å²) < 4.78 is 22.0. The highest BCUT2D eigenvalue weighted by molar-refractivity contribution is 6.36. The predicted octanol–water partition coefficient (Wildman–Crippen LogP) is 5.01. The fourth-order valence-corrected chi connectivity index (χ4v) is 3.59. The molecule has 1 heterocycles. The van der Waals surface area contributed by atoms with Crippen molar-refractivity contribution in [2.24, 2.45) is 0 Å². The summed E-state index contributed by atoms with van der Waals surface area (Å²) in [5, 5.41) is 4.51. The van der Waals surface area contributed by atoms with E-state index in [4.69, 9.17) is 42.1 Å². The number of rotatable bonds is 7. The van der Waals surface area contributed by atoms with Gasteiger partial charge in [-0.25, -0.2) is 0 Å². The highest BCUT2D eigenvalue weighted by Gasteiger charge is 2.17. The van der Waals surface area contributed by atoms with Gasteiger partial charge in [0.25, 0.3) is 0 Å². The van der Waals surface area contributed by atoms with Crippen molar-refractivity contribution in [1.82, 2.24) is 5.32 Å². The van der Waals surface area contributed by atoms with Gasteiger partial charge in [0, 0.05) is 29.2 Å². The minimum absolute atomic E-state index is 0. The van der Waals surface area contributed by atoms with E-state index in [0.29, 0.717) is 52.7 Å². The SMILES string of the molecule is COc1ccc(CNCC2=Cc3cc(Cl)cc(Cl)c3OC2)c(OC)c1OC.Cl. The van der Waals surface area contributed by atoms with E-state index in [1.165, 1.54) is 0 Å². The number of hydrogen-bond acceptors (Lipinski definition) is 5. The molecule has 0 unspecified atom stereocenters. The second-order valence-electron chi connectivity index (χ2n) is 5.99. The summed E-state index contributed by atoms with van der Waals surface area (Å²) in [6, 6.07) is 7.34. The summed E-state index contributed by atoms with van der Waals surface area (Å²) in [4.78, 5) is 0. The zero-order valence-electron chi connectivity index (χ0n) is 15.8. The molecule has 8 heteroatoms. The molecule has 152 valence electrons. The minimum atomic E-state index is 0. The van der Waals surface area contributed by atoms with Gasteiger partial charge in [-0.3, -0.25) is 0 Å². The van der Waals surface area contributed by atoms with Gasteiger partial charge in [-0.15, -0.1) is 12.4 Å². The average Bonchev–Trinajstić information content (AvgIpc) is 2.66. The number of nitrogens with one attached hydrogen (secondary N) is 1. The predicted molar refractivity (Wildman–Crippen MR) is 115 cm³/mol. The van der Waals surface area contributed by atoms with Crippen LogP contribution in [0.2, 0.25) is 10.0 Å². The molecule has 0 amide bonds. The van der Waals surface area contributed by atoms with E-state index in [-0.39, 0.29) is 12.4 Å². The Labute approximate surface area is 180 Å². The third-order valence-corrected chi connectivity index (χ3v) is 4.75. The molecule has 2 aromatic rings. The zero-order valence-corrected chi connectivity index (χ0v) is 18.1. The summed E-state index contributed by atoms with van der Waals surface area (Å²) in [6.45, 7) is 1.73. The van der Waals surface area contributed by atoms with Gasteiger partial charge >= 0.3 is 0 Å². The Hall–Kier alpha value is -1.79. The molecular weight excluding hydrogens is 425 g/mol. The van der Waals surface area contributed by atoms with Crippen LogP contribution in [0.4, 0.5) is 0 Å². The molecule has 0 aromatic heterocycles. The molecule has 0 fully saturated rings. The van der Waals surface area contributed by atoms with Crippen LogP contribution in [0.25, 0.3) is 6.08 Å². The summed E-state index contributed by atoms with van der Waals surface area (Å²) in [6.07, 6.45) is 2.05. The standard InChI is InChI=1S/C20H21Cl2NO4.ClH/c1-24-17-5-4-13(19(25-2)20(17)26-3)10-23-9-12-6-14-7-15(21)8-16(22)18(14)27-11-12;/h4-8,23H,9-11H2,1-3H3;1H. The van der Waals surface area contributed by atoms with Crippen molar-refractivity contribution < 1.29 is 18.9 Å². The van der Waals surface area contributed by atoms with Crippen LogP contribution in [0.1, 0.15) is 11.1 Å². The van der Waals surface area contributed by atoms with Gasteiger partial charge in [-0.2, -0.15) is 0 Å². The van der Waals surface area contributed by atoms with Crippen molar-refractivity contribution in [1.29, 1.82) is 0 Å². The van der Waals surface area contributed by atoms with Crippen molar-refractivity contribution in [3.8, 4) is 23.0 Å². The number of halogens is 3. The van der Waals surface area contributed by atoms with Crippen molar-refractivity contribution >= 4 is 41.7 Å². The van der Waals surface area contributed by atoms with Crippen molar-refractivity contribution in [3.63, 3.8) is 0 Å². The minimum Gasteiger partial charge on any atom is -0.493 e. The first kappa shape index (κ1) is 22.5. The Morgan fingerprint density at radius 1 is 1.00 bits per heavy atom. The number of fused-ring (bicyclic) bond motifs is 1. The molecule has 0 saturated carbocycles. The lowest BCUT2D eigenvalue weighted by molar-refractivity contribution is 0.321. The second kappa shape index (κ2) is 10.1. The van der Waals surface area contributed by atoms with Crippen LogP contribution in [0.3, 0.4) is 0 Å². The highest BCUT2D eigenvalue weighted by Crippen LogP contribution is 2.40. The molecule has 1 aliphatic rings. The van der Waals surface area contributed by atoms with Crippen LogP contribution in [-0.2, 0) is 6.54 Å². The maximum Gasteiger partial charge on any atom is 0.203 e. The van der Waals surface area contributed by atoms with Gasteiger partial charge in [-0.1, -0.05) is 29.3 Å². The third kappa shape index (κ3) is 4.78. The van der Waals surface area contributed by atoms with Crippen LogP contribution in [-0.4, -0.2) is 34.5 Å². The second-order valence-corrected chi connectivity index (χ2v) is 6.84. The average molecular weight is 447 g/mol. The third-order valence-electron chi connectivity index (χ3n) is 4.25. The first-order valence-electron chi connectivity index (χ1n) is 8.37. The van der Waals surface area contributed by atoms with Crippen molar-refractivity contribution in [2.45, 2.75) is 6.54 Å². The van der Waals surface area contributed by atoms with Gasteiger partial charge in [0.05, 0.1) is 26.4 Å². The molecule has 2 aromatic carbocycles. The lowest BCUT2D eigenvalue weighted by Crippen LogP contribution is -2.21. The first-order valence-corrected chi connectivity index (χ1v) is 9.12. The molecule has 0 spiro atoms. The van der Waals surface area contributed by atoms with E-state index in [2.05, 4.69) is 11.4 Å². The van der Waals surface area contributed by atoms with Gasteiger partial charge in [0.2, 0.25) is 5.75 Å². The first-order chi connectivity index (χ1) is 13.1. The molecule has 0 saturated heterocycles. The molecule has 0 radical (unpaired) electrons. The van der Waals surface area contributed by atoms with Gasteiger partial charge in [-0.05, 0) is 29.8 Å². The number of benzene rings is 2. The number of hydrogen-bond donors (Lipinski definition) is 1. The monoisotopic (exact) mass is 445 g/mol. The molecule has 5 nitrogen and oxygen atoms in total. The van der Waals surface area contributed by atoms with E-state index in [0.717, 1.165) is 16.7 Å². The molecule has 0 atom stereocenters. The van der Waals surface area contributed by atoms with Gasteiger partial charge in [0.1, 0.15) is 12.4 Å². The van der Waals surface area contributed by atoms with E-state index in [1.54, 1.807) is 27.4 Å². The fourth-order valence-electron chi connectivity index (χ4n) is 3.03. The number of ether oxygens (including phenoxy) is 4. The normalized spacial score (nSPS) is 12.2. The summed E-state index contributed by atoms with van der Waals surface area (Å²) in [7, 11) is 4.80. The maximum absolute atomic E-state index is 6.18. The van der Waals surface area contributed by atoms with Crippen molar-refractivity contribution in [2.75, 3.05) is 34.5 Å². The molecule has 0 bridgehead atoms. The Bertz CT molecular complexity index is 871. The van der Waals surface area contributed by atoms with Crippen LogP contribution in [0.5, 0.6) is 23.0 Å². The van der Waals surface area contributed by atoms with Crippen LogP contribution in [0.15, 0.2) is 29.8 Å². The Morgan fingerprint density at radius 2 is 1.75 bits per heavy atom. The summed E-state index contributed by atoms with van der Waals surface area (Å²) in [5.41, 5.74) is 2.96. The lowest BCUT2D eigenvalue weighted by atomic mass is 10.1. The quantitative estimate of drug-likeness (QED) is 0.648. The summed E-state index contributed by atoms with van der Waals surface area (Å²) in [5.74, 6) is 2.54. The molecule has 1 aliphatic heterocycles. The van der Waals surface area contributed by atoms with Gasteiger partial charge in [0.15, 0.2) is 11.5 Å². The summed E-state index contributed by atoms with van der Waals surface area (Å²) >= 11 is 12.3. The Morgan fingerprint density at radius 3 is 2.43 bits per heavy atom. The van der Waals surface area contributed by atoms with Crippen LogP contribution in [0, 0.1) is 0 Å². The van der Waals surface area contributed by atoms with E-state index >= 15 is 0 Å². The largest absolute Gasteiger partial charge is 0.493 e. The van der Waals surface area contributed by atoms with Gasteiger partial charge < -0.3 is 24.3 Å². The van der Waals surface area contributed by atoms with E-state index < -0.39 is 0 Å². The zero-order chi connectivity index (χ0) is 19.4. The molecule has 1 N–H and O–H groups in total. The molecule has 0 aliphatic carbocycles. The van der Waals surface area contributed by atoms with E-state index in [1.807, 2.05) is 18.2 Å². The maximum atomic E-state index is 6.18. The molecule has 3 rings (SSSR count). The Balaban J connectivity index is 0.00000280. The van der Waals surface area contributed by atoms with Crippen LogP contribution < -0.4 is 24.3 Å². The fraction of sp³-hybridized carbons (Fsp3) is 0.300. The Kier molecular flexibility index (Phi) is 8.13. The topological polar surface area (TPSA) is 49.0 Å². The lowest BCUT2D eigenvalue weighted by Gasteiger charge is -2.20.